The van der Waals surface area contributed by atoms with Crippen molar-refractivity contribution in [3.05, 3.63) is 97.2 Å². The predicted octanol–water partition coefficient (Wildman–Crippen LogP) is 11.3. The molecular weight excluding hydrogens is 791 g/mol. The number of carbonyl (C=O) groups is 1. The third kappa shape index (κ3) is 33.3. The maximum Gasteiger partial charge on any atom is 0.220 e. The third-order valence-corrected chi connectivity index (χ3v) is 11.1. The molecular formula is C54H91NO8. The lowest BCUT2D eigenvalue weighted by molar-refractivity contribution is -0.302. The highest BCUT2D eigenvalue weighted by atomic mass is 16.7. The third-order valence-electron chi connectivity index (χ3n) is 11.1. The fourth-order valence-electron chi connectivity index (χ4n) is 7.17. The van der Waals surface area contributed by atoms with E-state index in [-0.39, 0.29) is 12.5 Å². The van der Waals surface area contributed by atoms with Gasteiger partial charge in [0.05, 0.1) is 25.4 Å². The molecule has 0 aromatic heterocycles. The van der Waals surface area contributed by atoms with Crippen LogP contribution in [0.5, 0.6) is 0 Å². The van der Waals surface area contributed by atoms with Crippen molar-refractivity contribution in [3.8, 4) is 0 Å². The van der Waals surface area contributed by atoms with Crippen LogP contribution in [0.3, 0.4) is 0 Å². The Morgan fingerprint density at radius 1 is 0.556 bits per heavy atom. The lowest BCUT2D eigenvalue weighted by Crippen LogP contribution is -2.60. The van der Waals surface area contributed by atoms with Crippen molar-refractivity contribution in [1.82, 2.24) is 5.32 Å². The molecule has 0 bridgehead atoms. The van der Waals surface area contributed by atoms with Gasteiger partial charge in [-0.3, -0.25) is 4.79 Å². The van der Waals surface area contributed by atoms with E-state index in [0.717, 1.165) is 89.9 Å². The maximum absolute atomic E-state index is 13.0. The van der Waals surface area contributed by atoms with Gasteiger partial charge in [-0.25, -0.2) is 0 Å². The second-order valence-corrected chi connectivity index (χ2v) is 16.9. The van der Waals surface area contributed by atoms with Gasteiger partial charge in [0.25, 0.3) is 0 Å². The highest BCUT2D eigenvalue weighted by Gasteiger charge is 2.44. The summed E-state index contributed by atoms with van der Waals surface area (Å²) in [6.07, 6.45) is 54.5. The summed E-state index contributed by atoms with van der Waals surface area (Å²) in [6, 6.07) is -0.832. The number of rotatable bonds is 40. The minimum Gasteiger partial charge on any atom is -0.394 e. The fraction of sp³-hybridized carbons (Fsp3) is 0.685. The van der Waals surface area contributed by atoms with E-state index in [9.17, 15) is 30.3 Å². The van der Waals surface area contributed by atoms with Crippen LogP contribution in [0.25, 0.3) is 0 Å². The molecule has 63 heavy (non-hydrogen) atoms. The van der Waals surface area contributed by atoms with Crippen molar-refractivity contribution >= 4 is 5.91 Å². The number of amides is 1. The average molecular weight is 882 g/mol. The summed E-state index contributed by atoms with van der Waals surface area (Å²) in [5, 5.41) is 54.2. The molecule has 360 valence electrons. The Kier molecular flexibility index (Phi) is 39.7. The minimum absolute atomic E-state index is 0.201. The zero-order valence-corrected chi connectivity index (χ0v) is 39.5. The lowest BCUT2D eigenvalue weighted by atomic mass is 9.99. The minimum atomic E-state index is -1.58. The molecule has 0 radical (unpaired) electrons. The number of hydrogen-bond donors (Lipinski definition) is 6. The molecule has 1 amide bonds. The molecule has 1 heterocycles. The first-order valence-corrected chi connectivity index (χ1v) is 25.0. The molecule has 9 heteroatoms. The topological polar surface area (TPSA) is 149 Å². The van der Waals surface area contributed by atoms with Crippen molar-refractivity contribution < 1.29 is 39.8 Å². The molecule has 1 aliphatic rings. The van der Waals surface area contributed by atoms with Gasteiger partial charge in [0.2, 0.25) is 5.91 Å². The molecule has 7 atom stereocenters. The molecule has 0 spiro atoms. The SMILES string of the molecule is CC/C=C\C/C=C\C/C=C\C/C=C\C/C=C\C/C=C\CCCCCCCCCCC(=O)NC(COC1OC(CO)C(O)C(O)C1O)C(O)/C=C/CC/C=C/CCCCCCCCC. The van der Waals surface area contributed by atoms with Crippen LogP contribution >= 0.6 is 0 Å². The number of unbranched alkanes of at least 4 members (excludes halogenated alkanes) is 16. The van der Waals surface area contributed by atoms with E-state index < -0.39 is 49.5 Å². The standard InChI is InChI=1S/C54H91NO8/c1-3-5-7-9-11-13-15-17-18-19-20-21-22-23-24-25-26-27-28-29-30-32-34-36-38-40-42-44-50(58)55-47(46-62-54-53(61)52(60)51(59)49(45-56)63-54)48(57)43-41-39-37-35-33-31-16-14-12-10-8-6-4-2/h5,7,11,13,17-18,20-21,23-24,26-27,33,35,41,43,47-49,51-54,56-57,59-61H,3-4,6,8-10,12,14-16,19,22,25,28-32,34,36-40,42,44-46H2,1-2H3,(H,55,58)/b7-5-,13-11-,18-17-,21-20-,24-23-,27-26-,35-33+,43-41+. The van der Waals surface area contributed by atoms with Crippen LogP contribution in [0.1, 0.15) is 181 Å². The maximum atomic E-state index is 13.0. The number of aliphatic hydroxyl groups is 5. The van der Waals surface area contributed by atoms with Gasteiger partial charge < -0.3 is 40.3 Å². The fourth-order valence-corrected chi connectivity index (χ4v) is 7.17. The molecule has 9 nitrogen and oxygen atoms in total. The molecule has 7 unspecified atom stereocenters. The van der Waals surface area contributed by atoms with Crippen LogP contribution in [-0.2, 0) is 14.3 Å². The van der Waals surface area contributed by atoms with Crippen LogP contribution < -0.4 is 5.32 Å². The van der Waals surface area contributed by atoms with Gasteiger partial charge in [-0.15, -0.1) is 0 Å². The Morgan fingerprint density at radius 3 is 1.52 bits per heavy atom. The number of carbonyl (C=O) groups excluding carboxylic acids is 1. The summed E-state index contributed by atoms with van der Waals surface area (Å²) in [6.45, 7) is 3.61. The number of ether oxygens (including phenoxy) is 2. The highest BCUT2D eigenvalue weighted by molar-refractivity contribution is 5.76. The molecule has 0 aromatic carbocycles. The molecule has 1 rings (SSSR count). The van der Waals surface area contributed by atoms with E-state index in [0.29, 0.717) is 6.42 Å². The van der Waals surface area contributed by atoms with E-state index in [2.05, 4.69) is 104 Å². The van der Waals surface area contributed by atoms with Gasteiger partial charge in [-0.1, -0.05) is 188 Å². The first kappa shape index (κ1) is 58.1. The number of hydrogen-bond acceptors (Lipinski definition) is 8. The van der Waals surface area contributed by atoms with Gasteiger partial charge in [0.15, 0.2) is 6.29 Å². The highest BCUT2D eigenvalue weighted by Crippen LogP contribution is 2.22. The van der Waals surface area contributed by atoms with Crippen LogP contribution in [0.2, 0.25) is 0 Å². The summed E-state index contributed by atoms with van der Waals surface area (Å²) in [7, 11) is 0. The Labute approximate surface area is 383 Å². The van der Waals surface area contributed by atoms with E-state index in [1.54, 1.807) is 6.08 Å². The first-order chi connectivity index (χ1) is 30.8. The molecule has 1 saturated heterocycles. The van der Waals surface area contributed by atoms with Gasteiger partial charge in [0, 0.05) is 6.42 Å². The van der Waals surface area contributed by atoms with Gasteiger partial charge in [-0.2, -0.15) is 0 Å². The number of aliphatic hydroxyl groups excluding tert-OH is 5. The normalized spacial score (nSPS) is 21.0. The van der Waals surface area contributed by atoms with Crippen molar-refractivity contribution in [1.29, 1.82) is 0 Å². The summed E-state index contributed by atoms with van der Waals surface area (Å²) < 4.78 is 11.2. The molecule has 0 aliphatic carbocycles. The molecule has 1 fully saturated rings. The van der Waals surface area contributed by atoms with Gasteiger partial charge >= 0.3 is 0 Å². The second kappa shape index (κ2) is 43.0. The molecule has 0 saturated carbocycles. The van der Waals surface area contributed by atoms with Crippen molar-refractivity contribution in [3.63, 3.8) is 0 Å². The zero-order chi connectivity index (χ0) is 45.9. The van der Waals surface area contributed by atoms with Crippen molar-refractivity contribution in [2.45, 2.75) is 224 Å². The van der Waals surface area contributed by atoms with Crippen molar-refractivity contribution in [2.75, 3.05) is 13.2 Å². The summed E-state index contributed by atoms with van der Waals surface area (Å²) >= 11 is 0. The van der Waals surface area contributed by atoms with Crippen LogP contribution in [0.15, 0.2) is 97.2 Å². The summed E-state index contributed by atoms with van der Waals surface area (Å²) in [5.41, 5.74) is 0. The lowest BCUT2D eigenvalue weighted by Gasteiger charge is -2.40. The van der Waals surface area contributed by atoms with E-state index in [1.807, 2.05) is 6.08 Å². The number of allylic oxidation sites excluding steroid dienone is 15. The second-order valence-electron chi connectivity index (χ2n) is 16.9. The average Bonchev–Trinajstić information content (AvgIpc) is 3.28. The Bertz CT molecular complexity index is 1300. The monoisotopic (exact) mass is 882 g/mol. The Hall–Kier alpha value is -2.89. The van der Waals surface area contributed by atoms with Crippen LogP contribution in [0.4, 0.5) is 0 Å². The zero-order valence-electron chi connectivity index (χ0n) is 39.5. The van der Waals surface area contributed by atoms with E-state index in [1.165, 1.54) is 70.6 Å². The smallest absolute Gasteiger partial charge is 0.220 e. The van der Waals surface area contributed by atoms with Crippen LogP contribution in [0, 0.1) is 0 Å². The number of nitrogens with one attached hydrogen (secondary N) is 1. The Balaban J connectivity index is 2.29. The van der Waals surface area contributed by atoms with E-state index >= 15 is 0 Å². The van der Waals surface area contributed by atoms with Crippen LogP contribution in [-0.4, -0.2) is 87.5 Å². The first-order valence-electron chi connectivity index (χ1n) is 25.0. The summed E-state index contributed by atoms with van der Waals surface area (Å²) in [4.78, 5) is 13.0. The quantitative estimate of drug-likeness (QED) is 0.0263. The van der Waals surface area contributed by atoms with Gasteiger partial charge in [-0.05, 0) is 83.5 Å². The predicted molar refractivity (Wildman–Crippen MR) is 262 cm³/mol. The van der Waals surface area contributed by atoms with Crippen molar-refractivity contribution in [2.24, 2.45) is 0 Å². The molecule has 1 aliphatic heterocycles. The molecule has 0 aromatic rings. The van der Waals surface area contributed by atoms with Gasteiger partial charge in [0.1, 0.15) is 24.4 Å². The Morgan fingerprint density at radius 2 is 1.00 bits per heavy atom. The molecule has 6 N–H and O–H groups in total. The largest absolute Gasteiger partial charge is 0.394 e. The summed E-state index contributed by atoms with van der Waals surface area (Å²) in [5.74, 6) is -0.201. The van der Waals surface area contributed by atoms with E-state index in [4.69, 9.17) is 9.47 Å².